The molecule has 26 heavy (non-hydrogen) atoms. The Balaban J connectivity index is 1.92. The number of hydrogen-bond donors (Lipinski definition) is 0. The lowest BCUT2D eigenvalue weighted by molar-refractivity contribution is -0.137. The van der Waals surface area contributed by atoms with Gasteiger partial charge in [0.05, 0.1) is 17.2 Å². The fraction of sp³-hybridized carbons (Fsp3) is 0.0500. The van der Waals surface area contributed by atoms with Crippen molar-refractivity contribution < 1.29 is 17.6 Å². The molecular weight excluding hydrogens is 363 g/mol. The van der Waals surface area contributed by atoms with Gasteiger partial charge in [0, 0.05) is 10.6 Å². The normalized spacial score (nSPS) is 12.0. The Bertz CT molecular complexity index is 995. The van der Waals surface area contributed by atoms with Gasteiger partial charge < -0.3 is 4.42 Å². The van der Waals surface area contributed by atoms with E-state index in [1.54, 1.807) is 36.4 Å². The Morgan fingerprint density at radius 2 is 1.77 bits per heavy atom. The van der Waals surface area contributed by atoms with Crippen LogP contribution in [0.2, 0.25) is 5.02 Å². The van der Waals surface area contributed by atoms with Gasteiger partial charge in [-0.15, -0.1) is 0 Å². The average molecular weight is 374 g/mol. The summed E-state index contributed by atoms with van der Waals surface area (Å²) >= 11 is 5.83. The number of hydrogen-bond acceptors (Lipinski definition) is 2. The van der Waals surface area contributed by atoms with Gasteiger partial charge in [0.25, 0.3) is 0 Å². The Labute approximate surface area is 152 Å². The maximum absolute atomic E-state index is 12.8. The summed E-state index contributed by atoms with van der Waals surface area (Å²) in [6.07, 6.45) is -2.89. The lowest BCUT2D eigenvalue weighted by Crippen LogP contribution is -2.04. The van der Waals surface area contributed by atoms with E-state index in [4.69, 9.17) is 16.0 Å². The van der Waals surface area contributed by atoms with Crippen molar-refractivity contribution in [2.75, 3.05) is 0 Å². The SMILES string of the molecule is N#C/C(=C\c1ccc(-c2cccc(C(F)(F)F)c2)o1)c1ccc(Cl)cc1. The minimum atomic E-state index is -4.42. The molecule has 0 bridgehead atoms. The molecule has 0 saturated carbocycles. The van der Waals surface area contributed by atoms with Crippen molar-refractivity contribution in [1.82, 2.24) is 0 Å². The minimum Gasteiger partial charge on any atom is -0.457 e. The first-order valence-corrected chi connectivity index (χ1v) is 7.90. The molecule has 0 amide bonds. The van der Waals surface area contributed by atoms with Crippen molar-refractivity contribution in [2.45, 2.75) is 6.18 Å². The molecule has 0 N–H and O–H groups in total. The second kappa shape index (κ2) is 7.11. The van der Waals surface area contributed by atoms with Gasteiger partial charge in [-0.1, -0.05) is 35.9 Å². The molecular formula is C20H11ClF3NO. The summed E-state index contributed by atoms with van der Waals surface area (Å²) in [5, 5.41) is 9.89. The molecule has 0 fully saturated rings. The van der Waals surface area contributed by atoms with Crippen LogP contribution < -0.4 is 0 Å². The van der Waals surface area contributed by atoms with Crippen LogP contribution in [-0.4, -0.2) is 0 Å². The average Bonchev–Trinajstić information content (AvgIpc) is 3.09. The Hall–Kier alpha value is -2.97. The number of alkyl halides is 3. The van der Waals surface area contributed by atoms with Crippen LogP contribution in [-0.2, 0) is 6.18 Å². The van der Waals surface area contributed by atoms with Gasteiger partial charge in [-0.3, -0.25) is 0 Å². The van der Waals surface area contributed by atoms with Gasteiger partial charge in [0.2, 0.25) is 0 Å². The van der Waals surface area contributed by atoms with Crippen molar-refractivity contribution in [2.24, 2.45) is 0 Å². The van der Waals surface area contributed by atoms with Crippen LogP contribution in [0.1, 0.15) is 16.9 Å². The first-order valence-electron chi connectivity index (χ1n) is 7.52. The smallest absolute Gasteiger partial charge is 0.416 e. The molecule has 2 nitrogen and oxygen atoms in total. The van der Waals surface area contributed by atoms with Crippen LogP contribution in [0.25, 0.3) is 23.0 Å². The van der Waals surface area contributed by atoms with E-state index in [9.17, 15) is 18.4 Å². The fourth-order valence-electron chi connectivity index (χ4n) is 2.39. The molecule has 0 aliphatic heterocycles. The number of furan rings is 1. The molecule has 3 rings (SSSR count). The zero-order valence-corrected chi connectivity index (χ0v) is 14.0. The van der Waals surface area contributed by atoms with E-state index < -0.39 is 11.7 Å². The van der Waals surface area contributed by atoms with Crippen molar-refractivity contribution in [3.05, 3.63) is 82.6 Å². The van der Waals surface area contributed by atoms with Gasteiger partial charge in [-0.05, 0) is 48.0 Å². The minimum absolute atomic E-state index is 0.288. The zero-order chi connectivity index (χ0) is 18.7. The molecule has 0 saturated heterocycles. The second-order valence-corrected chi connectivity index (χ2v) is 5.89. The third-order valence-electron chi connectivity index (χ3n) is 3.66. The van der Waals surface area contributed by atoms with Crippen molar-refractivity contribution >= 4 is 23.3 Å². The van der Waals surface area contributed by atoms with E-state index in [1.807, 2.05) is 0 Å². The molecule has 130 valence electrons. The number of halogens is 4. The predicted octanol–water partition coefficient (Wildman–Crippen LogP) is 6.68. The maximum Gasteiger partial charge on any atom is 0.416 e. The van der Waals surface area contributed by atoms with E-state index in [0.29, 0.717) is 27.5 Å². The first kappa shape index (κ1) is 17.8. The van der Waals surface area contributed by atoms with E-state index in [0.717, 1.165) is 12.1 Å². The van der Waals surface area contributed by atoms with Gasteiger partial charge in [0.15, 0.2) is 0 Å². The summed E-state index contributed by atoms with van der Waals surface area (Å²) in [5.74, 6) is 0.652. The summed E-state index contributed by atoms with van der Waals surface area (Å²) in [6, 6.07) is 16.9. The first-order chi connectivity index (χ1) is 12.4. The number of allylic oxidation sites excluding steroid dienone is 1. The molecule has 3 aromatic rings. The van der Waals surface area contributed by atoms with E-state index in [-0.39, 0.29) is 5.76 Å². The molecule has 0 unspecified atom stereocenters. The molecule has 6 heteroatoms. The van der Waals surface area contributed by atoms with Crippen LogP contribution in [0, 0.1) is 11.3 Å². The van der Waals surface area contributed by atoms with Crippen LogP contribution in [0.15, 0.2) is 65.1 Å². The molecule has 0 radical (unpaired) electrons. The highest BCUT2D eigenvalue weighted by atomic mass is 35.5. The lowest BCUT2D eigenvalue weighted by atomic mass is 10.1. The lowest BCUT2D eigenvalue weighted by Gasteiger charge is -2.07. The highest BCUT2D eigenvalue weighted by molar-refractivity contribution is 6.30. The summed E-state index contributed by atoms with van der Waals surface area (Å²) < 4.78 is 44.1. The molecule has 1 heterocycles. The molecule has 0 spiro atoms. The Morgan fingerprint density at radius 1 is 1.04 bits per heavy atom. The van der Waals surface area contributed by atoms with Gasteiger partial charge >= 0.3 is 6.18 Å². The van der Waals surface area contributed by atoms with Crippen LogP contribution in [0.5, 0.6) is 0 Å². The van der Waals surface area contributed by atoms with Crippen molar-refractivity contribution in [3.63, 3.8) is 0 Å². The summed E-state index contributed by atoms with van der Waals surface area (Å²) in [7, 11) is 0. The third-order valence-corrected chi connectivity index (χ3v) is 3.92. The Kier molecular flexibility index (Phi) is 4.88. The summed E-state index contributed by atoms with van der Waals surface area (Å²) in [6.45, 7) is 0. The second-order valence-electron chi connectivity index (χ2n) is 5.46. The Morgan fingerprint density at radius 3 is 2.42 bits per heavy atom. The summed E-state index contributed by atoms with van der Waals surface area (Å²) in [5.41, 5.74) is 0.576. The standard InChI is InChI=1S/C20H11ClF3NO/c21-17-6-4-13(5-7-17)15(12-25)11-18-8-9-19(26-18)14-2-1-3-16(10-14)20(22,23)24/h1-11H/b15-11+. The largest absolute Gasteiger partial charge is 0.457 e. The quantitative estimate of drug-likeness (QED) is 0.480. The maximum atomic E-state index is 12.8. The molecule has 2 aromatic carbocycles. The molecule has 0 atom stereocenters. The van der Waals surface area contributed by atoms with Crippen molar-refractivity contribution in [1.29, 1.82) is 5.26 Å². The topological polar surface area (TPSA) is 36.9 Å². The van der Waals surface area contributed by atoms with Gasteiger partial charge in [-0.2, -0.15) is 18.4 Å². The number of benzene rings is 2. The van der Waals surface area contributed by atoms with E-state index in [2.05, 4.69) is 6.07 Å². The third kappa shape index (κ3) is 3.98. The molecule has 0 aliphatic carbocycles. The van der Waals surface area contributed by atoms with Gasteiger partial charge in [-0.25, -0.2) is 0 Å². The number of nitrogens with zero attached hydrogens (tertiary/aromatic N) is 1. The van der Waals surface area contributed by atoms with Crippen LogP contribution in [0.3, 0.4) is 0 Å². The van der Waals surface area contributed by atoms with E-state index >= 15 is 0 Å². The van der Waals surface area contributed by atoms with Gasteiger partial charge in [0.1, 0.15) is 11.5 Å². The molecule has 1 aromatic heterocycles. The van der Waals surface area contributed by atoms with Crippen molar-refractivity contribution in [3.8, 4) is 17.4 Å². The monoisotopic (exact) mass is 373 g/mol. The number of nitriles is 1. The predicted molar refractivity (Wildman–Crippen MR) is 94.1 cm³/mol. The number of rotatable bonds is 3. The highest BCUT2D eigenvalue weighted by Crippen LogP contribution is 2.33. The van der Waals surface area contributed by atoms with Crippen LogP contribution in [0.4, 0.5) is 13.2 Å². The fourth-order valence-corrected chi connectivity index (χ4v) is 2.51. The zero-order valence-electron chi connectivity index (χ0n) is 13.2. The van der Waals surface area contributed by atoms with E-state index in [1.165, 1.54) is 18.2 Å². The highest BCUT2D eigenvalue weighted by Gasteiger charge is 2.30. The molecule has 0 aliphatic rings. The summed E-state index contributed by atoms with van der Waals surface area (Å²) in [4.78, 5) is 0. The van der Waals surface area contributed by atoms with Crippen LogP contribution >= 0.6 is 11.6 Å².